The van der Waals surface area contributed by atoms with Crippen molar-refractivity contribution in [3.63, 3.8) is 0 Å². The van der Waals surface area contributed by atoms with Crippen LogP contribution in [0.3, 0.4) is 0 Å². The fourth-order valence-corrected chi connectivity index (χ4v) is 3.12. The predicted octanol–water partition coefficient (Wildman–Crippen LogP) is 6.40. The Morgan fingerprint density at radius 2 is 1.27 bits per heavy atom. The van der Waals surface area contributed by atoms with Gasteiger partial charge in [-0.05, 0) is 33.5 Å². The molecule has 0 aliphatic rings. The van der Waals surface area contributed by atoms with Crippen LogP contribution in [0.4, 0.5) is 0 Å². The first kappa shape index (κ1) is 16.0. The minimum Gasteiger partial charge on any atom is -0.289 e. The summed E-state index contributed by atoms with van der Waals surface area (Å²) in [6.07, 6.45) is 3.55. The van der Waals surface area contributed by atoms with E-state index in [0.29, 0.717) is 5.56 Å². The van der Waals surface area contributed by atoms with Gasteiger partial charge in [0.05, 0.1) is 0 Å². The van der Waals surface area contributed by atoms with Gasteiger partial charge in [0.1, 0.15) is 0 Å². The monoisotopic (exact) mass is 334 g/mol. The highest BCUT2D eigenvalue weighted by molar-refractivity contribution is 6.08. The summed E-state index contributed by atoms with van der Waals surface area (Å²) in [5.74, 6) is 0.0116. The lowest BCUT2D eigenvalue weighted by atomic mass is 10.0. The molecule has 1 heteroatoms. The summed E-state index contributed by atoms with van der Waals surface area (Å²) in [5.41, 5.74) is 4.01. The number of fused-ring (bicyclic) bond motifs is 1. The Morgan fingerprint density at radius 3 is 2.08 bits per heavy atom. The number of hydrogen-bond donors (Lipinski definition) is 0. The van der Waals surface area contributed by atoms with Crippen LogP contribution in [-0.4, -0.2) is 5.78 Å². The lowest BCUT2D eigenvalue weighted by Gasteiger charge is -2.03. The summed E-state index contributed by atoms with van der Waals surface area (Å²) in [6, 6.07) is 32.3. The summed E-state index contributed by atoms with van der Waals surface area (Å²) in [4.78, 5) is 12.5. The normalized spacial score (nSPS) is 11.1. The maximum absolute atomic E-state index is 12.5. The van der Waals surface area contributed by atoms with Gasteiger partial charge in [-0.1, -0.05) is 103 Å². The first-order valence-corrected chi connectivity index (χ1v) is 8.67. The number of ketones is 1. The number of carbonyl (C=O) groups is 1. The van der Waals surface area contributed by atoms with E-state index in [-0.39, 0.29) is 5.78 Å². The van der Waals surface area contributed by atoms with E-state index >= 15 is 0 Å². The first-order chi connectivity index (χ1) is 12.8. The van der Waals surface area contributed by atoms with Gasteiger partial charge in [-0.3, -0.25) is 4.79 Å². The molecule has 0 fully saturated rings. The third kappa shape index (κ3) is 3.33. The Bertz CT molecular complexity index is 1070. The van der Waals surface area contributed by atoms with Gasteiger partial charge in [0.25, 0.3) is 0 Å². The molecule has 0 saturated carbocycles. The Hall–Kier alpha value is -3.45. The molecule has 124 valence electrons. The smallest absolute Gasteiger partial charge is 0.185 e. The van der Waals surface area contributed by atoms with E-state index in [9.17, 15) is 4.79 Å². The summed E-state index contributed by atoms with van der Waals surface area (Å²) in [7, 11) is 0. The van der Waals surface area contributed by atoms with Gasteiger partial charge in [0.15, 0.2) is 5.78 Å². The molecule has 4 rings (SSSR count). The summed E-state index contributed by atoms with van der Waals surface area (Å²) >= 11 is 0. The maximum atomic E-state index is 12.5. The van der Waals surface area contributed by atoms with E-state index in [1.807, 2.05) is 72.8 Å². The molecule has 0 atom stereocenters. The number of allylic oxidation sites excluding steroid dienone is 1. The van der Waals surface area contributed by atoms with E-state index in [4.69, 9.17) is 0 Å². The van der Waals surface area contributed by atoms with Gasteiger partial charge in [-0.15, -0.1) is 0 Å². The molecule has 0 heterocycles. The zero-order valence-electron chi connectivity index (χ0n) is 14.3. The van der Waals surface area contributed by atoms with Crippen LogP contribution in [0.15, 0.2) is 103 Å². The highest BCUT2D eigenvalue weighted by Gasteiger charge is 2.04. The third-order valence-electron chi connectivity index (χ3n) is 4.51. The van der Waals surface area contributed by atoms with Crippen molar-refractivity contribution < 1.29 is 4.79 Å². The third-order valence-corrected chi connectivity index (χ3v) is 4.51. The molecule has 4 aromatic rings. The number of carbonyl (C=O) groups excluding carboxylic acids is 1. The molecule has 0 amide bonds. The second-order valence-electron chi connectivity index (χ2n) is 6.21. The topological polar surface area (TPSA) is 17.1 Å². The van der Waals surface area contributed by atoms with Crippen molar-refractivity contribution in [1.82, 2.24) is 0 Å². The Balaban J connectivity index is 1.57. The van der Waals surface area contributed by atoms with Crippen molar-refractivity contribution in [2.45, 2.75) is 0 Å². The average Bonchev–Trinajstić information content (AvgIpc) is 2.73. The van der Waals surface area contributed by atoms with Crippen LogP contribution in [0.25, 0.3) is 28.0 Å². The molecule has 0 spiro atoms. The van der Waals surface area contributed by atoms with E-state index in [1.54, 1.807) is 6.08 Å². The Kier molecular flexibility index (Phi) is 4.44. The highest BCUT2D eigenvalue weighted by Crippen LogP contribution is 2.21. The molecule has 0 unspecified atom stereocenters. The van der Waals surface area contributed by atoms with Crippen LogP contribution in [0.5, 0.6) is 0 Å². The zero-order chi connectivity index (χ0) is 17.8. The second-order valence-corrected chi connectivity index (χ2v) is 6.21. The van der Waals surface area contributed by atoms with Crippen molar-refractivity contribution in [3.05, 3.63) is 114 Å². The van der Waals surface area contributed by atoms with Gasteiger partial charge in [0.2, 0.25) is 0 Å². The minimum atomic E-state index is 0.0116. The summed E-state index contributed by atoms with van der Waals surface area (Å²) in [6.45, 7) is 0. The number of benzene rings is 4. The first-order valence-electron chi connectivity index (χ1n) is 8.67. The Labute approximate surface area is 153 Å². The van der Waals surface area contributed by atoms with E-state index in [0.717, 1.165) is 22.1 Å². The molecule has 0 aliphatic carbocycles. The molecule has 0 aromatic heterocycles. The number of hydrogen-bond acceptors (Lipinski definition) is 1. The van der Waals surface area contributed by atoms with Gasteiger partial charge < -0.3 is 0 Å². The maximum Gasteiger partial charge on any atom is 0.185 e. The van der Waals surface area contributed by atoms with E-state index in [2.05, 4.69) is 30.3 Å². The SMILES string of the molecule is O=C(C=Cc1cccc2ccccc12)c1ccc(-c2ccccc2)cc1. The molecule has 4 aromatic carbocycles. The summed E-state index contributed by atoms with van der Waals surface area (Å²) in [5, 5.41) is 2.33. The van der Waals surface area contributed by atoms with Crippen LogP contribution in [0, 0.1) is 0 Å². The van der Waals surface area contributed by atoms with Gasteiger partial charge in [-0.2, -0.15) is 0 Å². The molecule has 0 aliphatic heterocycles. The standard InChI is InChI=1S/C25H18O/c26-25(18-17-22-11-6-10-21-9-4-5-12-24(21)22)23-15-13-20(14-16-23)19-7-2-1-3-8-19/h1-18H. The van der Waals surface area contributed by atoms with Crippen molar-refractivity contribution in [2.24, 2.45) is 0 Å². The van der Waals surface area contributed by atoms with Crippen LogP contribution < -0.4 is 0 Å². The fraction of sp³-hybridized carbons (Fsp3) is 0. The largest absolute Gasteiger partial charge is 0.289 e. The van der Waals surface area contributed by atoms with E-state index in [1.165, 1.54) is 5.39 Å². The second kappa shape index (κ2) is 7.20. The molecular weight excluding hydrogens is 316 g/mol. The fourth-order valence-electron chi connectivity index (χ4n) is 3.12. The lowest BCUT2D eigenvalue weighted by Crippen LogP contribution is -1.93. The highest BCUT2D eigenvalue weighted by atomic mass is 16.1. The van der Waals surface area contributed by atoms with Gasteiger partial charge in [-0.25, -0.2) is 0 Å². The molecule has 0 N–H and O–H groups in total. The molecule has 1 nitrogen and oxygen atoms in total. The zero-order valence-corrected chi connectivity index (χ0v) is 14.3. The van der Waals surface area contributed by atoms with Crippen LogP contribution >= 0.6 is 0 Å². The lowest BCUT2D eigenvalue weighted by molar-refractivity contribution is 0.104. The quantitative estimate of drug-likeness (QED) is 0.311. The molecular formula is C25H18O. The number of rotatable bonds is 4. The van der Waals surface area contributed by atoms with Crippen molar-refractivity contribution in [2.75, 3.05) is 0 Å². The molecule has 0 saturated heterocycles. The van der Waals surface area contributed by atoms with Crippen molar-refractivity contribution >= 4 is 22.6 Å². The predicted molar refractivity (Wildman–Crippen MR) is 109 cm³/mol. The van der Waals surface area contributed by atoms with Gasteiger partial charge >= 0.3 is 0 Å². The summed E-state index contributed by atoms with van der Waals surface area (Å²) < 4.78 is 0. The van der Waals surface area contributed by atoms with Gasteiger partial charge in [0, 0.05) is 5.56 Å². The van der Waals surface area contributed by atoms with Crippen molar-refractivity contribution in [3.8, 4) is 11.1 Å². The molecule has 0 bridgehead atoms. The minimum absolute atomic E-state index is 0.0116. The van der Waals surface area contributed by atoms with Crippen LogP contribution in [0.1, 0.15) is 15.9 Å². The Morgan fingerprint density at radius 1 is 0.615 bits per heavy atom. The average molecular weight is 334 g/mol. The molecule has 26 heavy (non-hydrogen) atoms. The van der Waals surface area contributed by atoms with Crippen LogP contribution in [0.2, 0.25) is 0 Å². The van der Waals surface area contributed by atoms with Crippen LogP contribution in [-0.2, 0) is 0 Å². The van der Waals surface area contributed by atoms with E-state index < -0.39 is 0 Å². The molecule has 0 radical (unpaired) electrons. The van der Waals surface area contributed by atoms with Crippen molar-refractivity contribution in [1.29, 1.82) is 0 Å².